The van der Waals surface area contributed by atoms with Crippen LogP contribution < -0.4 is 5.32 Å². The average Bonchev–Trinajstić information content (AvgIpc) is 3.09. The molecule has 1 fully saturated rings. The van der Waals surface area contributed by atoms with E-state index < -0.39 is 0 Å². The number of aliphatic imine (C=N–C) groups is 1. The molecule has 2 aromatic rings. The third kappa shape index (κ3) is 5.05. The number of guanidine groups is 1. The van der Waals surface area contributed by atoms with Gasteiger partial charge in [-0.15, -0.1) is 0 Å². The fourth-order valence-electron chi connectivity index (χ4n) is 3.44. The van der Waals surface area contributed by atoms with Gasteiger partial charge in [0, 0.05) is 38.6 Å². The molecule has 0 aliphatic carbocycles. The smallest absolute Gasteiger partial charge is 0.193 e. The van der Waals surface area contributed by atoms with Crippen LogP contribution in [0.4, 0.5) is 0 Å². The topological polar surface area (TPSA) is 40.5 Å². The maximum Gasteiger partial charge on any atom is 0.193 e. The number of benzene rings is 1. The molecule has 0 saturated carbocycles. The molecule has 4 heteroatoms. The van der Waals surface area contributed by atoms with Gasteiger partial charge in [-0.25, -0.2) is 0 Å². The van der Waals surface area contributed by atoms with Crippen LogP contribution in [0.15, 0.2) is 53.7 Å². The van der Waals surface area contributed by atoms with Gasteiger partial charge in [0.15, 0.2) is 5.96 Å². The van der Waals surface area contributed by atoms with Crippen molar-refractivity contribution in [3.63, 3.8) is 0 Å². The molecule has 1 aromatic heterocycles. The van der Waals surface area contributed by atoms with Crippen molar-refractivity contribution in [3.05, 3.63) is 65.5 Å². The average molecular weight is 336 g/mol. The van der Waals surface area contributed by atoms with Crippen LogP contribution in [0.3, 0.4) is 0 Å². The normalized spacial score (nSPS) is 17.8. The van der Waals surface area contributed by atoms with Gasteiger partial charge in [0.1, 0.15) is 0 Å². The summed E-state index contributed by atoms with van der Waals surface area (Å²) in [6, 6.07) is 15.0. The Hall–Kier alpha value is -2.36. The van der Waals surface area contributed by atoms with E-state index in [0.29, 0.717) is 5.92 Å². The van der Waals surface area contributed by atoms with Gasteiger partial charge < -0.3 is 10.2 Å². The van der Waals surface area contributed by atoms with Gasteiger partial charge >= 0.3 is 0 Å². The summed E-state index contributed by atoms with van der Waals surface area (Å²) in [5.74, 6) is 1.73. The number of nitrogens with zero attached hydrogens (tertiary/aromatic N) is 3. The summed E-state index contributed by atoms with van der Waals surface area (Å²) in [7, 11) is 1.88. The summed E-state index contributed by atoms with van der Waals surface area (Å²) in [5, 5.41) is 3.51. The molecule has 1 unspecified atom stereocenters. The van der Waals surface area contributed by atoms with Gasteiger partial charge in [0.05, 0.1) is 0 Å². The van der Waals surface area contributed by atoms with E-state index in [1.54, 1.807) is 0 Å². The summed E-state index contributed by atoms with van der Waals surface area (Å²) in [4.78, 5) is 11.2. The molecular formula is C21H28N4. The summed E-state index contributed by atoms with van der Waals surface area (Å²) in [6.45, 7) is 5.07. The monoisotopic (exact) mass is 336 g/mol. The minimum absolute atomic E-state index is 0.710. The van der Waals surface area contributed by atoms with Crippen LogP contribution in [-0.2, 0) is 12.8 Å². The summed E-state index contributed by atoms with van der Waals surface area (Å²) < 4.78 is 0. The van der Waals surface area contributed by atoms with Crippen molar-refractivity contribution < 1.29 is 0 Å². The molecule has 0 amide bonds. The van der Waals surface area contributed by atoms with Gasteiger partial charge in [0.25, 0.3) is 0 Å². The Morgan fingerprint density at radius 2 is 2.04 bits per heavy atom. The molecule has 1 saturated heterocycles. The van der Waals surface area contributed by atoms with Crippen LogP contribution in [0.2, 0.25) is 0 Å². The molecule has 4 nitrogen and oxygen atoms in total. The van der Waals surface area contributed by atoms with E-state index in [4.69, 9.17) is 0 Å². The van der Waals surface area contributed by atoms with Gasteiger partial charge in [-0.05, 0) is 49.3 Å². The molecule has 1 aliphatic rings. The lowest BCUT2D eigenvalue weighted by atomic mass is 9.99. The Morgan fingerprint density at radius 3 is 2.76 bits per heavy atom. The molecule has 25 heavy (non-hydrogen) atoms. The highest BCUT2D eigenvalue weighted by molar-refractivity contribution is 5.80. The largest absolute Gasteiger partial charge is 0.356 e. The van der Waals surface area contributed by atoms with Crippen LogP contribution >= 0.6 is 0 Å². The van der Waals surface area contributed by atoms with E-state index in [1.165, 1.54) is 17.5 Å². The molecular weight excluding hydrogens is 308 g/mol. The lowest BCUT2D eigenvalue weighted by molar-refractivity contribution is 0.460. The summed E-state index contributed by atoms with van der Waals surface area (Å²) >= 11 is 0. The first-order valence-corrected chi connectivity index (χ1v) is 9.15. The maximum atomic E-state index is 4.47. The van der Waals surface area contributed by atoms with Crippen LogP contribution in [0, 0.1) is 12.8 Å². The fraction of sp³-hybridized carbons (Fsp3) is 0.429. The van der Waals surface area contributed by atoms with E-state index >= 15 is 0 Å². The molecule has 2 heterocycles. The van der Waals surface area contributed by atoms with Crippen molar-refractivity contribution >= 4 is 5.96 Å². The standard InChI is InChI=1S/C21H28N4/c1-17-8-9-19(15-24-17)10-12-23-21(22-2)25-13-11-20(16-25)14-18-6-4-3-5-7-18/h3-9,15,20H,10-14,16H2,1-2H3,(H,22,23). The summed E-state index contributed by atoms with van der Waals surface area (Å²) in [6.07, 6.45) is 5.32. The molecule has 1 aromatic carbocycles. The first-order chi connectivity index (χ1) is 12.2. The number of aryl methyl sites for hydroxylation is 1. The first-order valence-electron chi connectivity index (χ1n) is 9.15. The van der Waals surface area contributed by atoms with Crippen molar-refractivity contribution in [2.75, 3.05) is 26.7 Å². The molecule has 0 spiro atoms. The SMILES string of the molecule is CN=C(NCCc1ccc(C)nc1)N1CCC(Cc2ccccc2)C1. The van der Waals surface area contributed by atoms with E-state index in [-0.39, 0.29) is 0 Å². The van der Waals surface area contributed by atoms with E-state index in [1.807, 2.05) is 20.2 Å². The first kappa shape index (κ1) is 17.5. The molecule has 132 valence electrons. The Morgan fingerprint density at radius 1 is 1.20 bits per heavy atom. The summed E-state index contributed by atoms with van der Waals surface area (Å²) in [5.41, 5.74) is 3.76. The van der Waals surface area contributed by atoms with Gasteiger partial charge in [-0.3, -0.25) is 9.98 Å². The van der Waals surface area contributed by atoms with Crippen LogP contribution in [0.1, 0.15) is 23.2 Å². The lowest BCUT2D eigenvalue weighted by Gasteiger charge is -2.21. The van der Waals surface area contributed by atoms with E-state index in [9.17, 15) is 0 Å². The molecule has 1 aliphatic heterocycles. The number of rotatable bonds is 5. The third-order valence-corrected chi connectivity index (χ3v) is 4.83. The molecule has 0 bridgehead atoms. The Bertz CT molecular complexity index is 679. The second-order valence-electron chi connectivity index (χ2n) is 6.82. The van der Waals surface area contributed by atoms with Gasteiger partial charge in [0.2, 0.25) is 0 Å². The predicted molar refractivity (Wildman–Crippen MR) is 104 cm³/mol. The van der Waals surface area contributed by atoms with E-state index in [0.717, 1.165) is 44.1 Å². The van der Waals surface area contributed by atoms with Crippen LogP contribution in [-0.4, -0.2) is 42.5 Å². The Labute approximate surface area is 151 Å². The van der Waals surface area contributed by atoms with E-state index in [2.05, 4.69) is 62.7 Å². The zero-order valence-electron chi connectivity index (χ0n) is 15.3. The number of hydrogen-bond donors (Lipinski definition) is 1. The number of aromatic nitrogens is 1. The minimum Gasteiger partial charge on any atom is -0.356 e. The maximum absolute atomic E-state index is 4.47. The molecule has 3 rings (SSSR count). The predicted octanol–water partition coefficient (Wildman–Crippen LogP) is 3.07. The van der Waals surface area contributed by atoms with Crippen molar-refractivity contribution in [2.45, 2.75) is 26.2 Å². The lowest BCUT2D eigenvalue weighted by Crippen LogP contribution is -2.41. The highest BCUT2D eigenvalue weighted by atomic mass is 15.3. The Balaban J connectivity index is 1.46. The number of hydrogen-bond acceptors (Lipinski definition) is 2. The zero-order valence-corrected chi connectivity index (χ0v) is 15.3. The third-order valence-electron chi connectivity index (χ3n) is 4.83. The van der Waals surface area contributed by atoms with Gasteiger partial charge in [-0.2, -0.15) is 0 Å². The zero-order chi connectivity index (χ0) is 17.5. The number of nitrogens with one attached hydrogen (secondary N) is 1. The highest BCUT2D eigenvalue weighted by Crippen LogP contribution is 2.20. The van der Waals surface area contributed by atoms with Crippen molar-refractivity contribution in [1.82, 2.24) is 15.2 Å². The van der Waals surface area contributed by atoms with Gasteiger partial charge in [-0.1, -0.05) is 36.4 Å². The minimum atomic E-state index is 0.710. The van der Waals surface area contributed by atoms with Crippen LogP contribution in [0.5, 0.6) is 0 Å². The highest BCUT2D eigenvalue weighted by Gasteiger charge is 2.24. The van der Waals surface area contributed by atoms with Crippen molar-refractivity contribution in [2.24, 2.45) is 10.9 Å². The quantitative estimate of drug-likeness (QED) is 0.674. The Kier molecular flexibility index (Phi) is 6.04. The second kappa shape index (κ2) is 8.65. The second-order valence-corrected chi connectivity index (χ2v) is 6.82. The number of likely N-dealkylation sites (tertiary alicyclic amines) is 1. The molecule has 0 radical (unpaired) electrons. The van der Waals surface area contributed by atoms with Crippen molar-refractivity contribution in [1.29, 1.82) is 0 Å². The van der Waals surface area contributed by atoms with Crippen molar-refractivity contribution in [3.8, 4) is 0 Å². The molecule has 1 N–H and O–H groups in total. The fourth-order valence-corrected chi connectivity index (χ4v) is 3.44. The number of pyridine rings is 1. The molecule has 1 atom stereocenters. The van der Waals surface area contributed by atoms with Crippen LogP contribution in [0.25, 0.3) is 0 Å².